The van der Waals surface area contributed by atoms with Crippen LogP contribution in [0.2, 0.25) is 0 Å². The average molecular weight is 202 g/mol. The van der Waals surface area contributed by atoms with Crippen molar-refractivity contribution in [3.8, 4) is 0 Å². The maximum atomic E-state index is 11.5. The van der Waals surface area contributed by atoms with Crippen LogP contribution in [0, 0.1) is 5.41 Å². The summed E-state index contributed by atoms with van der Waals surface area (Å²) in [5.74, 6) is -0.114. The minimum atomic E-state index is -0.468. The summed E-state index contributed by atoms with van der Waals surface area (Å²) in [5.41, 5.74) is 5.56. The standard InChI is InChI=1S/C10H22N2O2/c1-5-14-7-6-12-9(13)8(11)10(2,3)4/h8H,5-7,11H2,1-4H3,(H,12,13)/t8-/m0/s1. The lowest BCUT2D eigenvalue weighted by molar-refractivity contribution is -0.124. The highest BCUT2D eigenvalue weighted by Gasteiger charge is 2.26. The van der Waals surface area contributed by atoms with Gasteiger partial charge < -0.3 is 15.8 Å². The molecule has 0 bridgehead atoms. The second-order valence-electron chi connectivity index (χ2n) is 4.33. The third-order valence-electron chi connectivity index (χ3n) is 1.97. The van der Waals surface area contributed by atoms with Crippen LogP contribution in [-0.2, 0) is 9.53 Å². The molecule has 0 rings (SSSR count). The maximum Gasteiger partial charge on any atom is 0.237 e. The Morgan fingerprint density at radius 1 is 1.50 bits per heavy atom. The van der Waals surface area contributed by atoms with Gasteiger partial charge in [-0.05, 0) is 12.3 Å². The quantitative estimate of drug-likeness (QED) is 0.639. The monoisotopic (exact) mass is 202 g/mol. The molecule has 3 N–H and O–H groups in total. The zero-order valence-electron chi connectivity index (χ0n) is 9.59. The van der Waals surface area contributed by atoms with Gasteiger partial charge in [-0.1, -0.05) is 20.8 Å². The van der Waals surface area contributed by atoms with Crippen LogP contribution in [0.25, 0.3) is 0 Å². The van der Waals surface area contributed by atoms with E-state index in [1.165, 1.54) is 0 Å². The molecule has 0 heterocycles. The molecule has 0 aromatic rings. The molecule has 0 saturated carbocycles. The number of rotatable bonds is 5. The maximum absolute atomic E-state index is 11.5. The van der Waals surface area contributed by atoms with Crippen molar-refractivity contribution in [3.63, 3.8) is 0 Å². The first-order valence-electron chi connectivity index (χ1n) is 5.00. The van der Waals surface area contributed by atoms with Gasteiger partial charge in [0, 0.05) is 13.2 Å². The molecule has 1 amide bonds. The summed E-state index contributed by atoms with van der Waals surface area (Å²) in [6, 6.07) is -0.468. The molecule has 0 unspecified atom stereocenters. The Morgan fingerprint density at radius 3 is 2.50 bits per heavy atom. The molecule has 14 heavy (non-hydrogen) atoms. The molecule has 0 radical (unpaired) electrons. The van der Waals surface area contributed by atoms with E-state index in [0.29, 0.717) is 19.8 Å². The summed E-state index contributed by atoms with van der Waals surface area (Å²) in [5, 5.41) is 2.73. The van der Waals surface area contributed by atoms with Crippen molar-refractivity contribution < 1.29 is 9.53 Å². The molecule has 84 valence electrons. The Labute approximate surface area is 86.2 Å². The van der Waals surface area contributed by atoms with Gasteiger partial charge in [-0.25, -0.2) is 0 Å². The van der Waals surface area contributed by atoms with E-state index < -0.39 is 6.04 Å². The van der Waals surface area contributed by atoms with Crippen molar-refractivity contribution in [3.05, 3.63) is 0 Å². The highest BCUT2D eigenvalue weighted by molar-refractivity contribution is 5.82. The lowest BCUT2D eigenvalue weighted by Gasteiger charge is -2.25. The molecule has 4 heteroatoms. The predicted molar refractivity (Wildman–Crippen MR) is 56.9 cm³/mol. The molecule has 0 aromatic carbocycles. The molecule has 0 saturated heterocycles. The summed E-state index contributed by atoms with van der Waals surface area (Å²) in [6.45, 7) is 9.48. The van der Waals surface area contributed by atoms with Gasteiger partial charge in [-0.15, -0.1) is 0 Å². The highest BCUT2D eigenvalue weighted by Crippen LogP contribution is 2.16. The Morgan fingerprint density at radius 2 is 2.07 bits per heavy atom. The van der Waals surface area contributed by atoms with Gasteiger partial charge in [0.2, 0.25) is 5.91 Å². The number of ether oxygens (including phenoxy) is 1. The molecular weight excluding hydrogens is 180 g/mol. The first kappa shape index (κ1) is 13.4. The van der Waals surface area contributed by atoms with Crippen molar-refractivity contribution >= 4 is 5.91 Å². The Bertz CT molecular complexity index is 175. The molecule has 0 aliphatic rings. The normalized spacial score (nSPS) is 13.8. The number of hydrogen-bond acceptors (Lipinski definition) is 3. The molecule has 0 aliphatic carbocycles. The van der Waals surface area contributed by atoms with Crippen LogP contribution in [0.15, 0.2) is 0 Å². The second-order valence-corrected chi connectivity index (χ2v) is 4.33. The third-order valence-corrected chi connectivity index (χ3v) is 1.97. The molecule has 1 atom stereocenters. The smallest absolute Gasteiger partial charge is 0.237 e. The van der Waals surface area contributed by atoms with Crippen molar-refractivity contribution in [1.82, 2.24) is 5.32 Å². The van der Waals surface area contributed by atoms with Crippen LogP contribution < -0.4 is 11.1 Å². The average Bonchev–Trinajstić information content (AvgIpc) is 2.09. The second kappa shape index (κ2) is 5.98. The van der Waals surface area contributed by atoms with Crippen molar-refractivity contribution in [1.29, 1.82) is 0 Å². The van der Waals surface area contributed by atoms with Crippen LogP contribution in [0.1, 0.15) is 27.7 Å². The van der Waals surface area contributed by atoms with Gasteiger partial charge in [0.15, 0.2) is 0 Å². The number of amides is 1. The number of carbonyl (C=O) groups excluding carboxylic acids is 1. The SMILES string of the molecule is CCOCCNC(=O)[C@H](N)C(C)(C)C. The lowest BCUT2D eigenvalue weighted by atomic mass is 9.87. The van der Waals surface area contributed by atoms with Crippen molar-refractivity contribution in [2.24, 2.45) is 11.1 Å². The molecule has 4 nitrogen and oxygen atoms in total. The van der Waals surface area contributed by atoms with E-state index in [0.717, 1.165) is 0 Å². The first-order valence-corrected chi connectivity index (χ1v) is 5.00. The van der Waals surface area contributed by atoms with Crippen molar-refractivity contribution in [2.45, 2.75) is 33.7 Å². The largest absolute Gasteiger partial charge is 0.380 e. The Hall–Kier alpha value is -0.610. The van der Waals surface area contributed by atoms with E-state index in [-0.39, 0.29) is 11.3 Å². The first-order chi connectivity index (χ1) is 6.39. The minimum Gasteiger partial charge on any atom is -0.380 e. The van der Waals surface area contributed by atoms with Crippen molar-refractivity contribution in [2.75, 3.05) is 19.8 Å². The van der Waals surface area contributed by atoms with Crippen LogP contribution >= 0.6 is 0 Å². The van der Waals surface area contributed by atoms with Gasteiger partial charge in [0.05, 0.1) is 12.6 Å². The minimum absolute atomic E-state index is 0.114. The summed E-state index contributed by atoms with van der Waals surface area (Å²) in [6.07, 6.45) is 0. The van der Waals surface area contributed by atoms with E-state index in [1.807, 2.05) is 27.7 Å². The topological polar surface area (TPSA) is 64.3 Å². The van der Waals surface area contributed by atoms with Crippen LogP contribution in [0.4, 0.5) is 0 Å². The summed E-state index contributed by atoms with van der Waals surface area (Å²) in [4.78, 5) is 11.5. The molecular formula is C10H22N2O2. The zero-order valence-corrected chi connectivity index (χ0v) is 9.59. The summed E-state index contributed by atoms with van der Waals surface area (Å²) in [7, 11) is 0. The van der Waals surface area contributed by atoms with E-state index in [4.69, 9.17) is 10.5 Å². The van der Waals surface area contributed by atoms with Gasteiger partial charge in [-0.2, -0.15) is 0 Å². The highest BCUT2D eigenvalue weighted by atomic mass is 16.5. The zero-order chi connectivity index (χ0) is 11.2. The summed E-state index contributed by atoms with van der Waals surface area (Å²) >= 11 is 0. The number of nitrogens with one attached hydrogen (secondary N) is 1. The van der Waals surface area contributed by atoms with Gasteiger partial charge >= 0.3 is 0 Å². The molecule has 0 fully saturated rings. The predicted octanol–water partition coefficient (Wildman–Crippen LogP) is 0.513. The molecule has 0 aliphatic heterocycles. The van der Waals surface area contributed by atoms with Crippen LogP contribution in [0.5, 0.6) is 0 Å². The van der Waals surface area contributed by atoms with Gasteiger partial charge in [0.1, 0.15) is 0 Å². The fourth-order valence-electron chi connectivity index (χ4n) is 0.894. The molecule has 0 spiro atoms. The number of nitrogens with two attached hydrogens (primary N) is 1. The lowest BCUT2D eigenvalue weighted by Crippen LogP contribution is -2.49. The fourth-order valence-corrected chi connectivity index (χ4v) is 0.894. The van der Waals surface area contributed by atoms with E-state index in [9.17, 15) is 4.79 Å². The van der Waals surface area contributed by atoms with Crippen LogP contribution in [0.3, 0.4) is 0 Å². The van der Waals surface area contributed by atoms with E-state index in [2.05, 4.69) is 5.32 Å². The summed E-state index contributed by atoms with van der Waals surface area (Å²) < 4.78 is 5.09. The third kappa shape index (κ3) is 5.19. The van der Waals surface area contributed by atoms with Gasteiger partial charge in [0.25, 0.3) is 0 Å². The Kier molecular flexibility index (Phi) is 5.72. The van der Waals surface area contributed by atoms with Crippen LogP contribution in [-0.4, -0.2) is 31.7 Å². The molecule has 0 aromatic heterocycles. The fraction of sp³-hybridized carbons (Fsp3) is 0.900. The van der Waals surface area contributed by atoms with Gasteiger partial charge in [-0.3, -0.25) is 4.79 Å². The van der Waals surface area contributed by atoms with E-state index >= 15 is 0 Å². The number of carbonyl (C=O) groups is 1. The Balaban J connectivity index is 3.74. The van der Waals surface area contributed by atoms with E-state index in [1.54, 1.807) is 0 Å². The number of hydrogen-bond donors (Lipinski definition) is 2.